The average molecular weight is 310 g/mol. The number of carbonyl (C=O) groups excluding carboxylic acids is 1. The van der Waals surface area contributed by atoms with Gasteiger partial charge in [0.25, 0.3) is 0 Å². The Morgan fingerprint density at radius 2 is 1.40 bits per heavy atom. The van der Waals surface area contributed by atoms with E-state index in [1.54, 1.807) is 0 Å². The normalized spacial score (nSPS) is 13.4. The number of Topliss-reactive ketones (excluding diaryl/α,β-unsaturated/α-hetero) is 1. The zero-order valence-electron chi connectivity index (χ0n) is 9.04. The Labute approximate surface area is 105 Å². The summed E-state index contributed by atoms with van der Waals surface area (Å²) in [7, 11) is 0. The summed E-state index contributed by atoms with van der Waals surface area (Å²) in [5.74, 6) is -19.3. The molecule has 0 N–H and O–H groups in total. The van der Waals surface area contributed by atoms with Crippen molar-refractivity contribution < 1.29 is 44.3 Å². The maximum atomic E-state index is 13.0. The molecule has 0 aliphatic carbocycles. The molecule has 1 rings (SSSR count). The fourth-order valence-corrected chi connectivity index (χ4v) is 1.16. The zero-order valence-corrected chi connectivity index (χ0v) is 9.04. The number of benzene rings is 1. The van der Waals surface area contributed by atoms with Crippen LogP contribution in [0.2, 0.25) is 0 Å². The lowest BCUT2D eigenvalue weighted by Crippen LogP contribution is -2.56. The summed E-state index contributed by atoms with van der Waals surface area (Å²) in [5, 5.41) is 0. The Kier molecular flexibility index (Phi) is 3.81. The third-order valence-electron chi connectivity index (χ3n) is 2.21. The van der Waals surface area contributed by atoms with E-state index in [-0.39, 0.29) is 18.2 Å². The van der Waals surface area contributed by atoms with Crippen LogP contribution < -0.4 is 0 Å². The first-order valence-corrected chi connectivity index (χ1v) is 4.64. The van der Waals surface area contributed by atoms with Gasteiger partial charge in [-0.2, -0.15) is 30.7 Å². The van der Waals surface area contributed by atoms with Gasteiger partial charge in [0.15, 0.2) is 0 Å². The summed E-state index contributed by atoms with van der Waals surface area (Å²) in [5.41, 5.74) is -1.78. The Bertz CT molecular complexity index is 532. The molecule has 1 nitrogen and oxygen atoms in total. The fourth-order valence-electron chi connectivity index (χ4n) is 1.16. The molecular formula is C10H3F9O. The topological polar surface area (TPSA) is 17.1 Å². The zero-order chi connectivity index (χ0) is 15.9. The number of rotatable bonds is 3. The van der Waals surface area contributed by atoms with Gasteiger partial charge >= 0.3 is 18.0 Å². The number of halogens is 9. The van der Waals surface area contributed by atoms with E-state index < -0.39 is 41.0 Å². The van der Waals surface area contributed by atoms with E-state index in [4.69, 9.17) is 0 Å². The molecule has 0 saturated heterocycles. The molecule has 10 heteroatoms. The number of alkyl halides is 7. The Hall–Kier alpha value is -1.74. The highest BCUT2D eigenvalue weighted by Gasteiger charge is 2.76. The molecule has 112 valence electrons. The third kappa shape index (κ3) is 2.46. The minimum Gasteiger partial charge on any atom is -0.287 e. The molecule has 0 atom stereocenters. The smallest absolute Gasteiger partial charge is 0.287 e. The van der Waals surface area contributed by atoms with Crippen LogP contribution >= 0.6 is 0 Å². The first-order chi connectivity index (χ1) is 8.82. The molecule has 0 spiro atoms. The van der Waals surface area contributed by atoms with E-state index in [9.17, 15) is 44.3 Å². The predicted molar refractivity (Wildman–Crippen MR) is 46.6 cm³/mol. The molecule has 0 unspecified atom stereocenters. The van der Waals surface area contributed by atoms with E-state index in [2.05, 4.69) is 0 Å². The van der Waals surface area contributed by atoms with E-state index in [0.29, 0.717) is 0 Å². The maximum absolute atomic E-state index is 13.0. The van der Waals surface area contributed by atoms with Crippen LogP contribution in [0.5, 0.6) is 0 Å². The maximum Gasteiger partial charge on any atom is 0.460 e. The van der Waals surface area contributed by atoms with Crippen LogP contribution in [0, 0.1) is 11.6 Å². The first-order valence-electron chi connectivity index (χ1n) is 4.64. The van der Waals surface area contributed by atoms with Crippen molar-refractivity contribution in [2.24, 2.45) is 0 Å². The molecule has 1 aromatic rings. The second-order valence-corrected chi connectivity index (χ2v) is 3.60. The molecule has 0 saturated carbocycles. The van der Waals surface area contributed by atoms with Gasteiger partial charge in [-0.25, -0.2) is 8.78 Å². The van der Waals surface area contributed by atoms with E-state index in [0.717, 1.165) is 0 Å². The molecule has 0 aliphatic rings. The summed E-state index contributed by atoms with van der Waals surface area (Å²) in [6.07, 6.45) is -6.72. The van der Waals surface area contributed by atoms with Crippen LogP contribution in [-0.4, -0.2) is 23.8 Å². The number of hydrogen-bond acceptors (Lipinski definition) is 1. The molecule has 0 radical (unpaired) electrons. The van der Waals surface area contributed by atoms with E-state index >= 15 is 0 Å². The Morgan fingerprint density at radius 1 is 0.900 bits per heavy atom. The van der Waals surface area contributed by atoms with Gasteiger partial charge in [-0.3, -0.25) is 4.79 Å². The molecule has 0 aliphatic heterocycles. The fraction of sp³-hybridized carbons (Fsp3) is 0.300. The lowest BCUT2D eigenvalue weighted by molar-refractivity contribution is -0.339. The van der Waals surface area contributed by atoms with Crippen LogP contribution in [0.3, 0.4) is 0 Å². The van der Waals surface area contributed by atoms with Gasteiger partial charge < -0.3 is 0 Å². The summed E-state index contributed by atoms with van der Waals surface area (Å²) in [6, 6.07) is 0.209. The largest absolute Gasteiger partial charge is 0.460 e. The summed E-state index contributed by atoms with van der Waals surface area (Å²) in [4.78, 5) is 11.0. The van der Waals surface area contributed by atoms with Crippen molar-refractivity contribution in [2.45, 2.75) is 18.0 Å². The summed E-state index contributed by atoms with van der Waals surface area (Å²) < 4.78 is 112. The van der Waals surface area contributed by atoms with Crippen LogP contribution in [0.15, 0.2) is 18.2 Å². The molecule has 0 fully saturated rings. The second-order valence-electron chi connectivity index (χ2n) is 3.60. The van der Waals surface area contributed by atoms with Crippen LogP contribution in [0.25, 0.3) is 0 Å². The highest BCUT2D eigenvalue weighted by atomic mass is 19.4. The van der Waals surface area contributed by atoms with Crippen LogP contribution in [0.4, 0.5) is 39.5 Å². The molecule has 0 bridgehead atoms. The molecule has 0 heterocycles. The van der Waals surface area contributed by atoms with Gasteiger partial charge in [0.05, 0.1) is 5.56 Å². The number of carbonyl (C=O) groups is 1. The summed E-state index contributed by atoms with van der Waals surface area (Å²) >= 11 is 0. The van der Waals surface area contributed by atoms with Gasteiger partial charge in [0, 0.05) is 6.07 Å². The minimum absolute atomic E-state index is 0.0490. The number of ketones is 1. The van der Waals surface area contributed by atoms with Gasteiger partial charge in [0.1, 0.15) is 11.6 Å². The van der Waals surface area contributed by atoms with Crippen LogP contribution in [0.1, 0.15) is 10.4 Å². The van der Waals surface area contributed by atoms with E-state index in [1.165, 1.54) is 0 Å². The van der Waals surface area contributed by atoms with Crippen molar-refractivity contribution in [3.05, 3.63) is 35.4 Å². The van der Waals surface area contributed by atoms with E-state index in [1.807, 2.05) is 0 Å². The highest BCUT2D eigenvalue weighted by molar-refractivity contribution is 6.02. The lowest BCUT2D eigenvalue weighted by atomic mass is 9.99. The lowest BCUT2D eigenvalue weighted by Gasteiger charge is -2.27. The quantitative estimate of drug-likeness (QED) is 0.609. The van der Waals surface area contributed by atoms with Crippen molar-refractivity contribution in [2.75, 3.05) is 0 Å². The van der Waals surface area contributed by atoms with Crippen molar-refractivity contribution in [3.63, 3.8) is 0 Å². The SMILES string of the molecule is O=C(c1ccc(F)cc1F)C(F)(F)C(F)(F)C(F)(F)F. The Balaban J connectivity index is 3.32. The molecule has 1 aromatic carbocycles. The first kappa shape index (κ1) is 16.3. The van der Waals surface area contributed by atoms with Crippen LogP contribution in [-0.2, 0) is 0 Å². The molecular weight excluding hydrogens is 307 g/mol. The van der Waals surface area contributed by atoms with Gasteiger partial charge in [0.2, 0.25) is 5.78 Å². The highest BCUT2D eigenvalue weighted by Crippen LogP contribution is 2.47. The minimum atomic E-state index is -6.72. The van der Waals surface area contributed by atoms with Gasteiger partial charge in [-0.15, -0.1) is 0 Å². The van der Waals surface area contributed by atoms with Gasteiger partial charge in [-0.1, -0.05) is 0 Å². The molecule has 0 amide bonds. The average Bonchev–Trinajstić information content (AvgIpc) is 2.26. The molecule has 20 heavy (non-hydrogen) atoms. The standard InChI is InChI=1S/C10H3F9O/c11-4-1-2-5(6(12)3-4)7(20)8(13,14)9(15,16)10(17,18)19/h1-3H. The van der Waals surface area contributed by atoms with Crippen molar-refractivity contribution in [1.82, 2.24) is 0 Å². The van der Waals surface area contributed by atoms with Crippen molar-refractivity contribution in [3.8, 4) is 0 Å². The number of hydrogen-bond donors (Lipinski definition) is 0. The predicted octanol–water partition coefficient (Wildman–Crippen LogP) is 3.98. The van der Waals surface area contributed by atoms with Crippen molar-refractivity contribution >= 4 is 5.78 Å². The molecule has 0 aromatic heterocycles. The Morgan fingerprint density at radius 3 is 1.80 bits per heavy atom. The third-order valence-corrected chi connectivity index (χ3v) is 2.21. The summed E-state index contributed by atoms with van der Waals surface area (Å²) in [6.45, 7) is 0. The second kappa shape index (κ2) is 4.67. The monoisotopic (exact) mass is 310 g/mol. The van der Waals surface area contributed by atoms with Crippen molar-refractivity contribution in [1.29, 1.82) is 0 Å². The van der Waals surface area contributed by atoms with Gasteiger partial charge in [-0.05, 0) is 12.1 Å².